The third-order valence-corrected chi connectivity index (χ3v) is 4.42. The molecule has 0 bridgehead atoms. The van der Waals surface area contributed by atoms with Crippen molar-refractivity contribution in [3.05, 3.63) is 16.1 Å². The van der Waals surface area contributed by atoms with Gasteiger partial charge in [0.2, 0.25) is 0 Å². The number of rotatable bonds is 6. The summed E-state index contributed by atoms with van der Waals surface area (Å²) in [6, 6.07) is 1.76. The first-order valence-corrected chi connectivity index (χ1v) is 7.74. The Kier molecular flexibility index (Phi) is 4.80. The number of halogens is 2. The Balaban J connectivity index is 2.19. The summed E-state index contributed by atoms with van der Waals surface area (Å²) in [6.07, 6.45) is 5.75. The van der Waals surface area contributed by atoms with Crippen molar-refractivity contribution in [1.82, 2.24) is 4.98 Å². The normalized spacial score (nSPS) is 16.8. The Morgan fingerprint density at radius 2 is 1.89 bits per heavy atom. The van der Waals surface area contributed by atoms with Gasteiger partial charge in [0.15, 0.2) is 0 Å². The molecule has 5 heteroatoms. The van der Waals surface area contributed by atoms with E-state index in [1.165, 1.54) is 19.3 Å². The van der Waals surface area contributed by atoms with Crippen molar-refractivity contribution >= 4 is 34.8 Å². The molecule has 0 aliphatic heterocycles. The molecular formula is C14H21Cl2N3. The summed E-state index contributed by atoms with van der Waals surface area (Å²) in [4.78, 5) is 4.54. The highest BCUT2D eigenvalue weighted by molar-refractivity contribution is 6.37. The van der Waals surface area contributed by atoms with Gasteiger partial charge in [0, 0.05) is 12.1 Å². The van der Waals surface area contributed by atoms with Crippen molar-refractivity contribution in [3.8, 4) is 0 Å². The summed E-state index contributed by atoms with van der Waals surface area (Å²) >= 11 is 12.4. The minimum Gasteiger partial charge on any atom is -0.369 e. The van der Waals surface area contributed by atoms with Gasteiger partial charge in [0.25, 0.3) is 0 Å². The second-order valence-corrected chi connectivity index (χ2v) is 6.00. The van der Waals surface area contributed by atoms with E-state index >= 15 is 0 Å². The third-order valence-electron chi connectivity index (χ3n) is 3.84. The molecule has 1 saturated carbocycles. The van der Waals surface area contributed by atoms with E-state index in [0.717, 1.165) is 25.2 Å². The van der Waals surface area contributed by atoms with Gasteiger partial charge in [0.1, 0.15) is 11.6 Å². The predicted molar refractivity (Wildman–Crippen MR) is 83.5 cm³/mol. The zero-order valence-electron chi connectivity index (χ0n) is 11.5. The molecular weight excluding hydrogens is 281 g/mol. The maximum atomic E-state index is 6.24. The lowest BCUT2D eigenvalue weighted by Gasteiger charge is -2.42. The lowest BCUT2D eigenvalue weighted by molar-refractivity contribution is 0.269. The molecule has 0 unspecified atom stereocenters. The summed E-state index contributed by atoms with van der Waals surface area (Å²) in [7, 11) is 0. The number of hydrogen-bond donors (Lipinski definition) is 2. The second kappa shape index (κ2) is 6.19. The van der Waals surface area contributed by atoms with Gasteiger partial charge >= 0.3 is 0 Å². The zero-order chi connectivity index (χ0) is 13.9. The van der Waals surface area contributed by atoms with Crippen LogP contribution in [0.3, 0.4) is 0 Å². The summed E-state index contributed by atoms with van der Waals surface area (Å²) in [5.74, 6) is 1.45. The Morgan fingerprint density at radius 1 is 1.21 bits per heavy atom. The second-order valence-electron chi connectivity index (χ2n) is 5.19. The van der Waals surface area contributed by atoms with Gasteiger partial charge in [-0.25, -0.2) is 4.98 Å². The van der Waals surface area contributed by atoms with Crippen LogP contribution in [0.15, 0.2) is 6.07 Å². The van der Waals surface area contributed by atoms with Crippen molar-refractivity contribution in [2.45, 2.75) is 51.5 Å². The van der Waals surface area contributed by atoms with Crippen LogP contribution in [0.25, 0.3) is 0 Å². The van der Waals surface area contributed by atoms with Crippen LogP contribution in [0, 0.1) is 0 Å². The van der Waals surface area contributed by atoms with E-state index < -0.39 is 0 Å². The van der Waals surface area contributed by atoms with Crippen LogP contribution in [0.4, 0.5) is 11.6 Å². The summed E-state index contributed by atoms with van der Waals surface area (Å²) < 4.78 is 0. The maximum Gasteiger partial charge on any atom is 0.147 e. The molecule has 2 rings (SSSR count). The molecule has 1 fully saturated rings. The van der Waals surface area contributed by atoms with Crippen molar-refractivity contribution in [2.75, 3.05) is 17.2 Å². The van der Waals surface area contributed by atoms with Gasteiger partial charge < -0.3 is 10.6 Å². The quantitative estimate of drug-likeness (QED) is 0.780. The molecule has 0 radical (unpaired) electrons. The van der Waals surface area contributed by atoms with Gasteiger partial charge in [-0.3, -0.25) is 0 Å². The molecule has 1 aliphatic rings. The highest BCUT2D eigenvalue weighted by Gasteiger charge is 2.35. The average Bonchev–Trinajstić information content (AvgIpc) is 2.35. The van der Waals surface area contributed by atoms with Crippen molar-refractivity contribution < 1.29 is 0 Å². The van der Waals surface area contributed by atoms with Crippen molar-refractivity contribution in [1.29, 1.82) is 0 Å². The van der Waals surface area contributed by atoms with E-state index in [-0.39, 0.29) is 5.54 Å². The molecule has 0 aromatic carbocycles. The number of hydrogen-bond acceptors (Lipinski definition) is 3. The van der Waals surface area contributed by atoms with Gasteiger partial charge in [0.05, 0.1) is 10.0 Å². The summed E-state index contributed by atoms with van der Waals surface area (Å²) in [5, 5.41) is 7.90. The number of nitrogens with one attached hydrogen (secondary N) is 2. The molecule has 0 amide bonds. The number of pyridine rings is 1. The first-order chi connectivity index (χ1) is 9.10. The minimum atomic E-state index is 0.173. The number of anilines is 2. The highest BCUT2D eigenvalue weighted by atomic mass is 35.5. The van der Waals surface area contributed by atoms with Crippen LogP contribution in [-0.4, -0.2) is 17.1 Å². The molecule has 0 saturated heterocycles. The number of aromatic nitrogens is 1. The molecule has 1 aromatic rings. The van der Waals surface area contributed by atoms with Crippen LogP contribution in [-0.2, 0) is 0 Å². The van der Waals surface area contributed by atoms with Crippen LogP contribution in [0.5, 0.6) is 0 Å². The Hall–Kier alpha value is -0.670. The SMILES string of the molecule is CCCNc1nc(NC2(CC)CCC2)c(Cl)cc1Cl. The third kappa shape index (κ3) is 3.26. The van der Waals surface area contributed by atoms with Crippen LogP contribution in [0.1, 0.15) is 46.0 Å². The fraction of sp³-hybridized carbons (Fsp3) is 0.643. The van der Waals surface area contributed by atoms with Gasteiger partial charge in [-0.15, -0.1) is 0 Å². The van der Waals surface area contributed by atoms with Gasteiger partial charge in [-0.2, -0.15) is 0 Å². The van der Waals surface area contributed by atoms with E-state index in [9.17, 15) is 0 Å². The monoisotopic (exact) mass is 301 g/mol. The number of nitrogens with zero attached hydrogens (tertiary/aromatic N) is 1. The molecule has 1 aromatic heterocycles. The Morgan fingerprint density at radius 3 is 2.42 bits per heavy atom. The first kappa shape index (κ1) is 14.7. The summed E-state index contributed by atoms with van der Waals surface area (Å²) in [5.41, 5.74) is 0.173. The fourth-order valence-electron chi connectivity index (χ4n) is 2.34. The van der Waals surface area contributed by atoms with E-state index in [0.29, 0.717) is 15.9 Å². The average molecular weight is 302 g/mol. The van der Waals surface area contributed by atoms with E-state index in [4.69, 9.17) is 23.2 Å². The van der Waals surface area contributed by atoms with Crippen molar-refractivity contribution in [3.63, 3.8) is 0 Å². The molecule has 3 nitrogen and oxygen atoms in total. The minimum absolute atomic E-state index is 0.173. The van der Waals surface area contributed by atoms with E-state index in [1.54, 1.807) is 6.07 Å². The van der Waals surface area contributed by atoms with Crippen LogP contribution < -0.4 is 10.6 Å². The standard InChI is InChI=1S/C14H21Cl2N3/c1-3-8-17-12-10(15)9-11(16)13(18-12)19-14(4-2)6-5-7-14/h9H,3-8H2,1-2H3,(H2,17,18,19). The predicted octanol–water partition coefficient (Wildman–Crippen LogP) is 4.95. The maximum absolute atomic E-state index is 6.24. The van der Waals surface area contributed by atoms with E-state index in [2.05, 4.69) is 29.5 Å². The smallest absolute Gasteiger partial charge is 0.147 e. The van der Waals surface area contributed by atoms with Gasteiger partial charge in [-0.05, 0) is 38.2 Å². The van der Waals surface area contributed by atoms with Gasteiger partial charge in [-0.1, -0.05) is 37.0 Å². The molecule has 0 spiro atoms. The lowest BCUT2D eigenvalue weighted by atomic mass is 9.75. The fourth-order valence-corrected chi connectivity index (χ4v) is 2.82. The topological polar surface area (TPSA) is 37.0 Å². The molecule has 0 atom stereocenters. The van der Waals surface area contributed by atoms with Crippen LogP contribution in [0.2, 0.25) is 10.0 Å². The molecule has 2 N–H and O–H groups in total. The Labute approximate surface area is 125 Å². The van der Waals surface area contributed by atoms with Crippen molar-refractivity contribution in [2.24, 2.45) is 0 Å². The molecule has 19 heavy (non-hydrogen) atoms. The molecule has 1 heterocycles. The lowest BCUT2D eigenvalue weighted by Crippen LogP contribution is -2.44. The first-order valence-electron chi connectivity index (χ1n) is 6.98. The highest BCUT2D eigenvalue weighted by Crippen LogP contribution is 2.40. The zero-order valence-corrected chi connectivity index (χ0v) is 13.0. The summed E-state index contributed by atoms with van der Waals surface area (Å²) in [6.45, 7) is 5.16. The van der Waals surface area contributed by atoms with Crippen LogP contribution >= 0.6 is 23.2 Å². The largest absolute Gasteiger partial charge is 0.369 e. The molecule has 1 aliphatic carbocycles. The molecule has 106 valence electrons. The van der Waals surface area contributed by atoms with E-state index in [1.807, 2.05) is 0 Å². The Bertz CT molecular complexity index is 439.